The van der Waals surface area contributed by atoms with Crippen molar-refractivity contribution in [3.8, 4) is 11.4 Å². The average Bonchev–Trinajstić information content (AvgIpc) is 2.47. The number of aromatic amines is 1. The zero-order chi connectivity index (χ0) is 10.1. The fourth-order valence-corrected chi connectivity index (χ4v) is 1.35. The molecule has 0 amide bonds. The molecule has 0 fully saturated rings. The third kappa shape index (κ3) is 1.42. The van der Waals surface area contributed by atoms with Crippen molar-refractivity contribution in [1.82, 2.24) is 9.78 Å². The van der Waals surface area contributed by atoms with E-state index in [9.17, 15) is 4.79 Å². The van der Waals surface area contributed by atoms with Gasteiger partial charge in [-0.25, -0.2) is 0 Å². The lowest BCUT2D eigenvalue weighted by molar-refractivity contribution is 0.475. The second-order valence-corrected chi connectivity index (χ2v) is 3.11. The number of nitrogens with zero attached hydrogens (tertiary/aromatic N) is 1. The summed E-state index contributed by atoms with van der Waals surface area (Å²) in [5, 5.41) is 11.8. The van der Waals surface area contributed by atoms with Crippen molar-refractivity contribution in [3.05, 3.63) is 46.4 Å². The lowest BCUT2D eigenvalue weighted by Gasteiger charge is -2.04. The highest BCUT2D eigenvalue weighted by atomic mass is 16.3. The van der Waals surface area contributed by atoms with Crippen LogP contribution in [-0.2, 0) is 0 Å². The molecule has 4 nitrogen and oxygen atoms in total. The van der Waals surface area contributed by atoms with Crippen molar-refractivity contribution in [3.63, 3.8) is 0 Å². The molecule has 2 rings (SSSR count). The molecule has 0 saturated carbocycles. The van der Waals surface area contributed by atoms with E-state index in [1.54, 1.807) is 28.9 Å². The molecule has 0 radical (unpaired) electrons. The average molecular weight is 190 g/mol. The molecular weight excluding hydrogens is 180 g/mol. The van der Waals surface area contributed by atoms with E-state index >= 15 is 0 Å². The zero-order valence-electron chi connectivity index (χ0n) is 7.69. The summed E-state index contributed by atoms with van der Waals surface area (Å²) < 4.78 is 1.67. The molecule has 72 valence electrons. The summed E-state index contributed by atoms with van der Waals surface area (Å²) in [6, 6.07) is 8.14. The number of benzene rings is 1. The Hall–Kier alpha value is -1.97. The number of nitrogens with one attached hydrogen (secondary N) is 1. The first-order valence-corrected chi connectivity index (χ1v) is 4.25. The van der Waals surface area contributed by atoms with Crippen LogP contribution in [0.25, 0.3) is 5.69 Å². The van der Waals surface area contributed by atoms with E-state index in [0.717, 1.165) is 11.4 Å². The third-order valence-corrected chi connectivity index (χ3v) is 2.02. The fraction of sp³-hybridized carbons (Fsp3) is 0.100. The molecule has 0 saturated heterocycles. The summed E-state index contributed by atoms with van der Waals surface area (Å²) in [4.78, 5) is 11.0. The molecule has 4 heteroatoms. The van der Waals surface area contributed by atoms with Gasteiger partial charge >= 0.3 is 0 Å². The van der Waals surface area contributed by atoms with Gasteiger partial charge in [-0.2, -0.15) is 0 Å². The molecule has 0 aliphatic carbocycles. The molecule has 1 heterocycles. The van der Waals surface area contributed by atoms with E-state index in [1.165, 1.54) is 6.07 Å². The minimum absolute atomic E-state index is 0.129. The Bertz CT molecular complexity index is 494. The number of phenols is 1. The highest BCUT2D eigenvalue weighted by molar-refractivity contribution is 5.37. The van der Waals surface area contributed by atoms with Gasteiger partial charge in [-0.05, 0) is 31.2 Å². The predicted molar refractivity (Wildman–Crippen MR) is 52.8 cm³/mol. The summed E-state index contributed by atoms with van der Waals surface area (Å²) in [7, 11) is 0. The maximum atomic E-state index is 11.0. The van der Waals surface area contributed by atoms with Gasteiger partial charge in [0.15, 0.2) is 0 Å². The first-order valence-electron chi connectivity index (χ1n) is 4.25. The highest BCUT2D eigenvalue weighted by Crippen LogP contribution is 2.13. The van der Waals surface area contributed by atoms with Crippen LogP contribution in [0.5, 0.6) is 5.75 Å². The van der Waals surface area contributed by atoms with E-state index in [1.807, 2.05) is 6.92 Å². The Labute approximate surface area is 80.4 Å². The molecule has 0 bridgehead atoms. The number of aryl methyl sites for hydroxylation is 1. The van der Waals surface area contributed by atoms with Crippen LogP contribution >= 0.6 is 0 Å². The number of aromatic nitrogens is 2. The minimum atomic E-state index is -0.129. The Kier molecular flexibility index (Phi) is 1.89. The molecule has 0 aliphatic heterocycles. The number of hydrogen-bond acceptors (Lipinski definition) is 2. The Morgan fingerprint density at radius 2 is 1.93 bits per heavy atom. The van der Waals surface area contributed by atoms with Crippen LogP contribution in [0.2, 0.25) is 0 Å². The van der Waals surface area contributed by atoms with Gasteiger partial charge in [0.2, 0.25) is 0 Å². The van der Waals surface area contributed by atoms with E-state index in [2.05, 4.69) is 5.10 Å². The van der Waals surface area contributed by atoms with Crippen LogP contribution in [0.3, 0.4) is 0 Å². The van der Waals surface area contributed by atoms with Crippen molar-refractivity contribution in [2.24, 2.45) is 0 Å². The first kappa shape index (κ1) is 8.62. The van der Waals surface area contributed by atoms with Crippen molar-refractivity contribution in [2.45, 2.75) is 6.92 Å². The normalized spacial score (nSPS) is 10.4. The van der Waals surface area contributed by atoms with Crippen LogP contribution < -0.4 is 5.56 Å². The number of aromatic hydroxyl groups is 1. The van der Waals surface area contributed by atoms with Crippen molar-refractivity contribution in [2.75, 3.05) is 0 Å². The molecule has 1 aromatic carbocycles. The largest absolute Gasteiger partial charge is 0.508 e. The Balaban J connectivity index is 2.54. The maximum Gasteiger partial charge on any atom is 0.264 e. The number of hydrogen-bond donors (Lipinski definition) is 2. The van der Waals surface area contributed by atoms with Gasteiger partial charge in [0, 0.05) is 11.8 Å². The third-order valence-electron chi connectivity index (χ3n) is 2.02. The van der Waals surface area contributed by atoms with Crippen molar-refractivity contribution in [1.29, 1.82) is 0 Å². The summed E-state index contributed by atoms with van der Waals surface area (Å²) in [6.07, 6.45) is 0. The molecular formula is C10H10N2O2. The van der Waals surface area contributed by atoms with Gasteiger partial charge in [-0.1, -0.05) is 0 Å². The quantitative estimate of drug-likeness (QED) is 0.709. The monoisotopic (exact) mass is 190 g/mol. The van der Waals surface area contributed by atoms with E-state index in [4.69, 9.17) is 5.11 Å². The lowest BCUT2D eigenvalue weighted by atomic mass is 10.3. The molecule has 1 aromatic heterocycles. The van der Waals surface area contributed by atoms with Gasteiger partial charge in [-0.3, -0.25) is 14.6 Å². The Morgan fingerprint density at radius 3 is 2.43 bits per heavy atom. The smallest absolute Gasteiger partial charge is 0.264 e. The predicted octanol–water partition coefficient (Wildman–Crippen LogP) is 1.18. The van der Waals surface area contributed by atoms with E-state index < -0.39 is 0 Å². The van der Waals surface area contributed by atoms with Gasteiger partial charge in [-0.15, -0.1) is 0 Å². The summed E-state index contributed by atoms with van der Waals surface area (Å²) in [6.45, 7) is 1.84. The van der Waals surface area contributed by atoms with E-state index in [0.29, 0.717) is 0 Å². The Morgan fingerprint density at radius 1 is 1.29 bits per heavy atom. The molecule has 0 aliphatic rings. The summed E-state index contributed by atoms with van der Waals surface area (Å²) >= 11 is 0. The minimum Gasteiger partial charge on any atom is -0.508 e. The van der Waals surface area contributed by atoms with Crippen molar-refractivity contribution >= 4 is 0 Å². The summed E-state index contributed by atoms with van der Waals surface area (Å²) in [5.41, 5.74) is 1.53. The van der Waals surface area contributed by atoms with Crippen LogP contribution in [0.4, 0.5) is 0 Å². The molecule has 0 atom stereocenters. The van der Waals surface area contributed by atoms with Gasteiger partial charge in [0.1, 0.15) is 5.75 Å². The first-order chi connectivity index (χ1) is 6.66. The van der Waals surface area contributed by atoms with E-state index in [-0.39, 0.29) is 11.3 Å². The van der Waals surface area contributed by atoms with Gasteiger partial charge in [0.25, 0.3) is 5.56 Å². The topological polar surface area (TPSA) is 58.0 Å². The van der Waals surface area contributed by atoms with Crippen LogP contribution in [0, 0.1) is 6.92 Å². The second-order valence-electron chi connectivity index (χ2n) is 3.11. The van der Waals surface area contributed by atoms with Crippen LogP contribution in [-0.4, -0.2) is 14.9 Å². The molecule has 0 unspecified atom stereocenters. The standard InChI is InChI=1S/C10H10N2O2/c1-7-6-10(14)11-12(7)8-2-4-9(13)5-3-8/h2-6,13H,1H3,(H,11,14). The van der Waals surface area contributed by atoms with Crippen molar-refractivity contribution < 1.29 is 5.11 Å². The zero-order valence-corrected chi connectivity index (χ0v) is 7.69. The molecule has 0 spiro atoms. The maximum absolute atomic E-state index is 11.0. The van der Waals surface area contributed by atoms with Crippen LogP contribution in [0.1, 0.15) is 5.69 Å². The SMILES string of the molecule is Cc1cc(=O)[nH]n1-c1ccc(O)cc1. The van der Waals surface area contributed by atoms with Crippen LogP contribution in [0.15, 0.2) is 35.1 Å². The number of phenolic OH excluding ortho intramolecular Hbond substituents is 1. The lowest BCUT2D eigenvalue weighted by Crippen LogP contribution is -2.03. The van der Waals surface area contributed by atoms with Gasteiger partial charge in [0.05, 0.1) is 5.69 Å². The fourth-order valence-electron chi connectivity index (χ4n) is 1.35. The second kappa shape index (κ2) is 3.06. The van der Waals surface area contributed by atoms with Gasteiger partial charge < -0.3 is 5.11 Å². The summed E-state index contributed by atoms with van der Waals surface area (Å²) in [5.74, 6) is 0.209. The molecule has 2 N–H and O–H groups in total. The highest BCUT2D eigenvalue weighted by Gasteiger charge is 2.01. The number of rotatable bonds is 1. The molecule has 14 heavy (non-hydrogen) atoms. The molecule has 2 aromatic rings. The number of H-pyrrole nitrogens is 1.